The Bertz CT molecular complexity index is 582. The van der Waals surface area contributed by atoms with Crippen molar-refractivity contribution in [3.63, 3.8) is 0 Å². The van der Waals surface area contributed by atoms with Gasteiger partial charge in [-0.15, -0.1) is 24.0 Å². The molecule has 2 fully saturated rings. The quantitative estimate of drug-likeness (QED) is 0.330. The lowest BCUT2D eigenvalue weighted by Gasteiger charge is -2.33. The van der Waals surface area contributed by atoms with E-state index in [4.69, 9.17) is 4.74 Å². The molecule has 0 spiro atoms. The van der Waals surface area contributed by atoms with E-state index in [2.05, 4.69) is 50.9 Å². The number of piperidine rings is 1. The second kappa shape index (κ2) is 13.4. The molecule has 1 saturated heterocycles. The summed E-state index contributed by atoms with van der Waals surface area (Å²) in [6, 6.07) is 11.5. The van der Waals surface area contributed by atoms with Crippen LogP contribution in [0, 0.1) is 5.92 Å². The van der Waals surface area contributed by atoms with Crippen molar-refractivity contribution in [3.8, 4) is 0 Å². The fourth-order valence-electron chi connectivity index (χ4n) is 4.58. The minimum absolute atomic E-state index is 0. The zero-order chi connectivity index (χ0) is 19.6. The van der Waals surface area contributed by atoms with Crippen LogP contribution in [0.5, 0.6) is 0 Å². The highest BCUT2D eigenvalue weighted by molar-refractivity contribution is 14.0. The molecule has 0 atom stereocenters. The summed E-state index contributed by atoms with van der Waals surface area (Å²) in [6.45, 7) is 5.19. The van der Waals surface area contributed by atoms with E-state index in [9.17, 15) is 0 Å². The van der Waals surface area contributed by atoms with Crippen LogP contribution in [0.4, 0.5) is 0 Å². The van der Waals surface area contributed by atoms with Gasteiger partial charge < -0.3 is 20.3 Å². The monoisotopic (exact) mass is 514 g/mol. The fraction of sp³-hybridized carbons (Fsp3) is 0.696. The number of halogens is 1. The van der Waals surface area contributed by atoms with Gasteiger partial charge in [0.05, 0.1) is 6.61 Å². The van der Waals surface area contributed by atoms with Gasteiger partial charge in [0.1, 0.15) is 0 Å². The lowest BCUT2D eigenvalue weighted by molar-refractivity contribution is 0.128. The molecule has 1 aliphatic heterocycles. The molecular formula is C23H39IN4O. The lowest BCUT2D eigenvalue weighted by atomic mass is 9.79. The van der Waals surface area contributed by atoms with Crippen molar-refractivity contribution in [2.24, 2.45) is 10.9 Å². The number of likely N-dealkylation sites (tertiary alicyclic amines) is 1. The number of hydrogen-bond donors (Lipinski definition) is 2. The number of aliphatic imine (C=N–C) groups is 1. The van der Waals surface area contributed by atoms with E-state index in [1.54, 1.807) is 7.11 Å². The van der Waals surface area contributed by atoms with Crippen LogP contribution >= 0.6 is 24.0 Å². The zero-order valence-electron chi connectivity index (χ0n) is 18.1. The van der Waals surface area contributed by atoms with Gasteiger partial charge >= 0.3 is 0 Å². The van der Waals surface area contributed by atoms with E-state index in [0.29, 0.717) is 6.04 Å². The van der Waals surface area contributed by atoms with Gasteiger partial charge in [0.15, 0.2) is 5.96 Å². The Hall–Kier alpha value is -0.860. The summed E-state index contributed by atoms with van der Waals surface area (Å²) >= 11 is 0. The number of methoxy groups -OCH3 is 1. The van der Waals surface area contributed by atoms with Crippen LogP contribution in [0.3, 0.4) is 0 Å². The van der Waals surface area contributed by atoms with Crippen LogP contribution in [-0.4, -0.2) is 63.8 Å². The number of nitrogens with zero attached hydrogens (tertiary/aromatic N) is 2. The molecule has 164 valence electrons. The molecule has 1 aromatic rings. The molecular weight excluding hydrogens is 475 g/mol. The predicted octanol–water partition coefficient (Wildman–Crippen LogP) is 3.85. The minimum Gasteiger partial charge on any atom is -0.383 e. The molecule has 3 rings (SSSR count). The van der Waals surface area contributed by atoms with Crippen LogP contribution in [0.25, 0.3) is 0 Å². The highest BCUT2D eigenvalue weighted by atomic mass is 127. The molecule has 5 nitrogen and oxygen atoms in total. The van der Waals surface area contributed by atoms with Gasteiger partial charge in [0, 0.05) is 46.4 Å². The Morgan fingerprint density at radius 3 is 2.38 bits per heavy atom. The van der Waals surface area contributed by atoms with Crippen LogP contribution in [0.1, 0.15) is 50.0 Å². The van der Waals surface area contributed by atoms with Crippen molar-refractivity contribution in [2.45, 2.75) is 50.5 Å². The molecule has 1 heterocycles. The van der Waals surface area contributed by atoms with Gasteiger partial charge in [-0.1, -0.05) is 30.3 Å². The van der Waals surface area contributed by atoms with E-state index in [0.717, 1.165) is 50.6 Å². The van der Waals surface area contributed by atoms with Crippen LogP contribution in [0.15, 0.2) is 35.3 Å². The van der Waals surface area contributed by atoms with E-state index < -0.39 is 0 Å². The first-order chi connectivity index (χ1) is 13.8. The first kappa shape index (κ1) is 24.4. The second-order valence-electron chi connectivity index (χ2n) is 8.33. The largest absolute Gasteiger partial charge is 0.383 e. The van der Waals surface area contributed by atoms with E-state index in [-0.39, 0.29) is 24.0 Å². The van der Waals surface area contributed by atoms with Crippen molar-refractivity contribution in [1.29, 1.82) is 0 Å². The van der Waals surface area contributed by atoms with Crippen molar-refractivity contribution in [3.05, 3.63) is 35.9 Å². The fourth-order valence-corrected chi connectivity index (χ4v) is 4.58. The maximum absolute atomic E-state index is 5.19. The van der Waals surface area contributed by atoms with Crippen LogP contribution < -0.4 is 10.6 Å². The number of guanidine groups is 1. The molecule has 29 heavy (non-hydrogen) atoms. The number of hydrogen-bond acceptors (Lipinski definition) is 3. The highest BCUT2D eigenvalue weighted by Crippen LogP contribution is 2.35. The minimum atomic E-state index is 0. The van der Waals surface area contributed by atoms with Gasteiger partial charge in [-0.05, 0) is 55.9 Å². The smallest absolute Gasteiger partial charge is 0.191 e. The molecule has 1 aliphatic carbocycles. The van der Waals surface area contributed by atoms with Crippen LogP contribution in [-0.2, 0) is 4.74 Å². The van der Waals surface area contributed by atoms with Crippen molar-refractivity contribution in [2.75, 3.05) is 46.9 Å². The molecule has 2 aliphatic rings. The van der Waals surface area contributed by atoms with Crippen molar-refractivity contribution < 1.29 is 4.74 Å². The summed E-state index contributed by atoms with van der Waals surface area (Å²) in [7, 11) is 3.66. The SMILES string of the molecule is CN=C(NCC1CCC(c2ccccc2)CC1)NC1CCN(CCOC)CC1.I. The molecule has 0 amide bonds. The standard InChI is InChI=1S/C23H38N4O.HI/c1-24-23(26-22-12-14-27(15-13-22)16-17-28-2)25-18-19-8-10-21(11-9-19)20-6-4-3-5-7-20;/h3-7,19,21-22H,8-18H2,1-2H3,(H2,24,25,26);1H. The Labute approximate surface area is 194 Å². The van der Waals surface area contributed by atoms with Gasteiger partial charge in [0.25, 0.3) is 0 Å². The predicted molar refractivity (Wildman–Crippen MR) is 132 cm³/mol. The first-order valence-electron chi connectivity index (χ1n) is 11.0. The van der Waals surface area contributed by atoms with E-state index in [1.165, 1.54) is 44.1 Å². The summed E-state index contributed by atoms with van der Waals surface area (Å²) in [4.78, 5) is 6.95. The van der Waals surface area contributed by atoms with Crippen molar-refractivity contribution >= 4 is 29.9 Å². The topological polar surface area (TPSA) is 48.9 Å². The van der Waals surface area contributed by atoms with E-state index in [1.807, 2.05) is 7.05 Å². The number of nitrogens with one attached hydrogen (secondary N) is 2. The van der Waals surface area contributed by atoms with Crippen molar-refractivity contribution in [1.82, 2.24) is 15.5 Å². The molecule has 0 aromatic heterocycles. The average molecular weight is 514 g/mol. The molecule has 0 bridgehead atoms. The summed E-state index contributed by atoms with van der Waals surface area (Å²) in [6.07, 6.45) is 7.58. The Kier molecular flexibility index (Phi) is 11.3. The molecule has 6 heteroatoms. The third-order valence-electron chi connectivity index (χ3n) is 6.44. The zero-order valence-corrected chi connectivity index (χ0v) is 20.4. The van der Waals surface area contributed by atoms with Crippen LogP contribution in [0.2, 0.25) is 0 Å². The van der Waals surface area contributed by atoms with E-state index >= 15 is 0 Å². The number of benzene rings is 1. The summed E-state index contributed by atoms with van der Waals surface area (Å²) in [5.41, 5.74) is 1.52. The maximum atomic E-state index is 5.19. The summed E-state index contributed by atoms with van der Waals surface area (Å²) < 4.78 is 5.19. The molecule has 0 unspecified atom stereocenters. The van der Waals surface area contributed by atoms with Gasteiger partial charge in [-0.2, -0.15) is 0 Å². The number of rotatable bonds is 7. The average Bonchev–Trinajstić information content (AvgIpc) is 2.77. The normalized spacial score (nSPS) is 24.0. The molecule has 2 N–H and O–H groups in total. The molecule has 1 aromatic carbocycles. The highest BCUT2D eigenvalue weighted by Gasteiger charge is 2.23. The van der Waals surface area contributed by atoms with Gasteiger partial charge in [0.2, 0.25) is 0 Å². The second-order valence-corrected chi connectivity index (χ2v) is 8.33. The first-order valence-corrected chi connectivity index (χ1v) is 11.0. The Balaban J connectivity index is 0.00000300. The Morgan fingerprint density at radius 2 is 1.76 bits per heavy atom. The summed E-state index contributed by atoms with van der Waals surface area (Å²) in [5.74, 6) is 2.48. The summed E-state index contributed by atoms with van der Waals surface area (Å²) in [5, 5.41) is 7.23. The maximum Gasteiger partial charge on any atom is 0.191 e. The lowest BCUT2D eigenvalue weighted by Crippen LogP contribution is -2.49. The number of ether oxygens (including phenoxy) is 1. The Morgan fingerprint density at radius 1 is 1.07 bits per heavy atom. The van der Waals surface area contributed by atoms with Gasteiger partial charge in [-0.25, -0.2) is 0 Å². The third-order valence-corrected chi connectivity index (χ3v) is 6.44. The van der Waals surface area contributed by atoms with Gasteiger partial charge in [-0.3, -0.25) is 4.99 Å². The molecule has 0 radical (unpaired) electrons. The third kappa shape index (κ3) is 8.06. The molecule has 1 saturated carbocycles.